The van der Waals surface area contributed by atoms with Gasteiger partial charge >= 0.3 is 12.4 Å². The fourth-order valence-electron chi connectivity index (χ4n) is 7.97. The third kappa shape index (κ3) is 11.9. The molecule has 4 aromatic rings. The highest BCUT2D eigenvalue weighted by molar-refractivity contribution is 7.80. The van der Waals surface area contributed by atoms with Gasteiger partial charge in [-0.2, -0.15) is 31.6 Å². The summed E-state index contributed by atoms with van der Waals surface area (Å²) in [6.07, 6.45) is -8.08. The molecule has 2 fully saturated rings. The largest absolute Gasteiger partial charge is 0.494 e. The van der Waals surface area contributed by atoms with Crippen LogP contribution < -0.4 is 25.2 Å². The van der Waals surface area contributed by atoms with E-state index in [0.717, 1.165) is 35.4 Å². The van der Waals surface area contributed by atoms with Gasteiger partial charge < -0.3 is 39.9 Å². The molecule has 6 rings (SSSR count). The highest BCUT2D eigenvalue weighted by Crippen LogP contribution is 2.43. The first-order valence-electron chi connectivity index (χ1n) is 21.2. The van der Waals surface area contributed by atoms with Gasteiger partial charge in [0, 0.05) is 37.7 Å². The Labute approximate surface area is 400 Å². The molecule has 0 radical (unpaired) electrons. The maximum absolute atomic E-state index is 15.9. The van der Waals surface area contributed by atoms with Crippen molar-refractivity contribution in [2.24, 2.45) is 5.41 Å². The average molecular weight is 1010 g/mol. The van der Waals surface area contributed by atoms with Crippen molar-refractivity contribution in [3.63, 3.8) is 0 Å². The molecule has 2 aromatic carbocycles. The Morgan fingerprint density at radius 3 is 2.36 bits per heavy atom. The molecule has 3 atom stereocenters. The number of nitriles is 1. The maximum Gasteiger partial charge on any atom is 0.420 e. The molecular formula is C45H46F8N8O6S2. The molecule has 24 heteroatoms. The van der Waals surface area contributed by atoms with Crippen LogP contribution in [-0.2, 0) is 31.5 Å². The molecule has 370 valence electrons. The van der Waals surface area contributed by atoms with E-state index in [1.807, 2.05) is 0 Å². The van der Waals surface area contributed by atoms with Crippen molar-refractivity contribution >= 4 is 62.8 Å². The lowest BCUT2D eigenvalue weighted by Gasteiger charge is -2.35. The number of likely N-dealkylation sites (tertiary alicyclic amines) is 1. The summed E-state index contributed by atoms with van der Waals surface area (Å²) >= 11 is 6.70. The molecule has 0 spiro atoms. The van der Waals surface area contributed by atoms with E-state index in [9.17, 15) is 45.8 Å². The number of pyridine rings is 1. The molecule has 0 aliphatic carbocycles. The summed E-state index contributed by atoms with van der Waals surface area (Å²) < 4.78 is 127. The lowest BCUT2D eigenvalue weighted by Crippen LogP contribution is -2.57. The molecule has 2 aliphatic heterocycles. The third-order valence-electron chi connectivity index (χ3n) is 11.2. The van der Waals surface area contributed by atoms with Crippen LogP contribution >= 0.6 is 23.6 Å². The standard InChI is InChI=1S/C45H46F8N8O6S2/c1-42(2,3)38(40(65)59-20-26(62)15-32(59)39(64)58-34-19-55-23-69-34)57-33(63)21-66-12-6-7-13-67-27-9-10-28(29(16-27)44(48,49)50)37-30(46)14-25(18-56-37)61-41(68)60(22-43(61,4)5)31-11-8-24(17-54)35(36(31)47)45(51,52)53/h8-11,14,16,18-19,23,26,32,38,62H,6-7,12-13,15,20-22H2,1-5H3,(H,57,63)(H,58,64)/t26-,32+,38-/m1/s1. The van der Waals surface area contributed by atoms with Gasteiger partial charge in [-0.3, -0.25) is 24.4 Å². The molecule has 2 saturated heterocycles. The maximum atomic E-state index is 15.9. The number of anilines is 3. The Balaban J connectivity index is 1.04. The number of hydrogen-bond donors (Lipinski definition) is 3. The number of ether oxygens (including phenoxy) is 2. The first-order chi connectivity index (χ1) is 32.2. The zero-order valence-corrected chi connectivity index (χ0v) is 39.2. The minimum atomic E-state index is -5.22. The zero-order valence-electron chi connectivity index (χ0n) is 37.6. The average Bonchev–Trinajstić information content (AvgIpc) is 3.98. The minimum absolute atomic E-state index is 0.00592. The number of rotatable bonds is 15. The number of carbonyl (C=O) groups is 3. The first kappa shape index (κ1) is 52.3. The van der Waals surface area contributed by atoms with Crippen LogP contribution in [0.15, 0.2) is 54.3 Å². The van der Waals surface area contributed by atoms with E-state index in [-0.39, 0.29) is 55.7 Å². The quantitative estimate of drug-likeness (QED) is 0.0595. The van der Waals surface area contributed by atoms with Gasteiger partial charge in [0.05, 0.1) is 64.7 Å². The predicted molar refractivity (Wildman–Crippen MR) is 241 cm³/mol. The second-order valence-electron chi connectivity index (χ2n) is 17.9. The Kier molecular flexibility index (Phi) is 15.6. The monoisotopic (exact) mass is 1010 g/mol. The van der Waals surface area contributed by atoms with Crippen LogP contribution in [0, 0.1) is 28.4 Å². The first-order valence-corrected chi connectivity index (χ1v) is 22.5. The molecule has 69 heavy (non-hydrogen) atoms. The van der Waals surface area contributed by atoms with E-state index in [0.29, 0.717) is 17.5 Å². The predicted octanol–water partition coefficient (Wildman–Crippen LogP) is 8.09. The lowest BCUT2D eigenvalue weighted by atomic mass is 9.85. The molecule has 2 aromatic heterocycles. The van der Waals surface area contributed by atoms with Crippen molar-refractivity contribution < 1.29 is 64.1 Å². The topological polar surface area (TPSA) is 173 Å². The molecule has 0 saturated carbocycles. The van der Waals surface area contributed by atoms with Crippen LogP contribution in [0.4, 0.5) is 51.5 Å². The highest BCUT2D eigenvalue weighted by atomic mass is 32.1. The van der Waals surface area contributed by atoms with Crippen LogP contribution in [0.1, 0.15) is 70.6 Å². The van der Waals surface area contributed by atoms with Crippen molar-refractivity contribution in [2.45, 2.75) is 90.0 Å². The van der Waals surface area contributed by atoms with E-state index in [2.05, 4.69) is 20.6 Å². The zero-order chi connectivity index (χ0) is 50.8. The molecule has 14 nitrogen and oxygen atoms in total. The summed E-state index contributed by atoms with van der Waals surface area (Å²) in [6.45, 7) is 7.56. The summed E-state index contributed by atoms with van der Waals surface area (Å²) in [6, 6.07) is 4.76. The number of aliphatic hydroxyl groups excluding tert-OH is 1. The SMILES string of the molecule is CC(C)(C)[C@H](NC(=O)COCCCCOc1ccc(-c2ncc(N3C(=S)N(c4ccc(C#N)c(C(F)(F)F)c4F)CC3(C)C)cc2F)c(C(F)(F)F)c1)C(=O)N1C[C@H](O)C[C@H]1C(=O)Nc1cncs1. The van der Waals surface area contributed by atoms with Crippen molar-refractivity contribution in [3.05, 3.63) is 82.6 Å². The molecule has 0 unspecified atom stereocenters. The Morgan fingerprint density at radius 2 is 1.74 bits per heavy atom. The summed E-state index contributed by atoms with van der Waals surface area (Å²) in [5.74, 6) is -4.82. The van der Waals surface area contributed by atoms with Crippen molar-refractivity contribution in [2.75, 3.05) is 48.0 Å². The second kappa shape index (κ2) is 20.5. The van der Waals surface area contributed by atoms with E-state index in [1.54, 1.807) is 34.6 Å². The van der Waals surface area contributed by atoms with E-state index in [4.69, 9.17) is 27.0 Å². The number of alkyl halides is 6. The van der Waals surface area contributed by atoms with Crippen molar-refractivity contribution in [1.82, 2.24) is 20.2 Å². The number of benzene rings is 2. The van der Waals surface area contributed by atoms with Crippen LogP contribution in [0.25, 0.3) is 11.3 Å². The Morgan fingerprint density at radius 1 is 1.03 bits per heavy atom. The van der Waals surface area contributed by atoms with E-state index >= 15 is 8.78 Å². The van der Waals surface area contributed by atoms with Crippen LogP contribution in [0.3, 0.4) is 0 Å². The number of hydrogen-bond acceptors (Lipinski definition) is 11. The van der Waals surface area contributed by atoms with Gasteiger partial charge in [0.15, 0.2) is 16.7 Å². The molecule has 0 bridgehead atoms. The molecule has 3 N–H and O–H groups in total. The number of β-amino-alcohol motifs (C(OH)–C–C–N with tert-alkyl or cyclic N) is 1. The number of unbranched alkanes of at least 4 members (excludes halogenated alkanes) is 1. The van der Waals surface area contributed by atoms with Gasteiger partial charge in [0.2, 0.25) is 17.7 Å². The van der Waals surface area contributed by atoms with Gasteiger partial charge in [-0.25, -0.2) is 8.78 Å². The van der Waals surface area contributed by atoms with Crippen molar-refractivity contribution in [3.8, 4) is 23.1 Å². The lowest BCUT2D eigenvalue weighted by molar-refractivity contribution is -0.143. The number of aromatic nitrogens is 2. The van der Waals surface area contributed by atoms with Gasteiger partial charge in [-0.15, -0.1) is 11.3 Å². The fraction of sp³-hybridized carbons (Fsp3) is 0.444. The molecular weight excluding hydrogens is 965 g/mol. The molecule has 4 heterocycles. The van der Waals surface area contributed by atoms with Gasteiger partial charge in [-0.05, 0) is 74.7 Å². The Bertz CT molecular complexity index is 2620. The van der Waals surface area contributed by atoms with Gasteiger partial charge in [0.1, 0.15) is 40.7 Å². The normalized spacial score (nSPS) is 17.8. The summed E-state index contributed by atoms with van der Waals surface area (Å²) in [5, 5.41) is 25.1. The van der Waals surface area contributed by atoms with Gasteiger partial charge in [-0.1, -0.05) is 20.8 Å². The summed E-state index contributed by atoms with van der Waals surface area (Å²) in [4.78, 5) is 51.2. The van der Waals surface area contributed by atoms with Crippen LogP contribution in [-0.4, -0.2) is 99.4 Å². The molecule has 2 aliphatic rings. The van der Waals surface area contributed by atoms with Crippen LogP contribution in [0.2, 0.25) is 0 Å². The number of nitrogens with zero attached hydrogens (tertiary/aromatic N) is 6. The number of amides is 3. The van der Waals surface area contributed by atoms with E-state index in [1.165, 1.54) is 45.0 Å². The minimum Gasteiger partial charge on any atom is -0.494 e. The number of thiazole rings is 1. The number of thiocarbonyl (C=S) groups is 1. The molecule has 3 amide bonds. The smallest absolute Gasteiger partial charge is 0.420 e. The summed E-state index contributed by atoms with van der Waals surface area (Å²) in [7, 11) is 0. The Hall–Kier alpha value is -6.03. The number of carbonyl (C=O) groups excluding carboxylic acids is 3. The highest BCUT2D eigenvalue weighted by Gasteiger charge is 2.47. The number of halogens is 8. The number of aliphatic hydroxyl groups is 1. The van der Waals surface area contributed by atoms with Crippen LogP contribution in [0.5, 0.6) is 5.75 Å². The van der Waals surface area contributed by atoms with Crippen molar-refractivity contribution in [1.29, 1.82) is 5.26 Å². The van der Waals surface area contributed by atoms with Gasteiger partial charge in [0.25, 0.3) is 0 Å². The van der Waals surface area contributed by atoms with E-state index < -0.39 is 111 Å². The second-order valence-corrected chi connectivity index (χ2v) is 19.2. The fourth-order valence-corrected chi connectivity index (χ4v) is 9.00. The summed E-state index contributed by atoms with van der Waals surface area (Å²) in [5.41, 5.74) is -6.37. The number of nitrogens with one attached hydrogen (secondary N) is 2. The third-order valence-corrected chi connectivity index (χ3v) is 12.3.